The second-order valence-electron chi connectivity index (χ2n) is 6.16. The van der Waals surface area contributed by atoms with Gasteiger partial charge in [0.25, 0.3) is 0 Å². The number of carbonyl (C=O) groups excluding carboxylic acids is 2. The maximum Gasteiger partial charge on any atom is 0.345 e. The minimum absolute atomic E-state index is 0.0146. The molecule has 0 saturated carbocycles. The molecule has 0 saturated heterocycles. The average Bonchev–Trinajstić information content (AvgIpc) is 2.50. The number of carbonyl (C=O) groups is 2. The number of halogens is 1. The number of ether oxygens (including phenoxy) is 3. The van der Waals surface area contributed by atoms with Gasteiger partial charge in [0.05, 0.1) is 25.1 Å². The molecule has 0 unspecified atom stereocenters. The highest BCUT2D eigenvalue weighted by atomic mass is 19.1. The molecule has 0 bridgehead atoms. The van der Waals surface area contributed by atoms with Gasteiger partial charge in [-0.15, -0.1) is 0 Å². The molecule has 0 aliphatic heterocycles. The summed E-state index contributed by atoms with van der Waals surface area (Å²) in [7, 11) is 0. The van der Waals surface area contributed by atoms with Gasteiger partial charge < -0.3 is 14.2 Å². The van der Waals surface area contributed by atoms with Gasteiger partial charge in [-0.3, -0.25) is 4.98 Å². The zero-order valence-corrected chi connectivity index (χ0v) is 15.4. The molecule has 7 heteroatoms. The second-order valence-corrected chi connectivity index (χ2v) is 6.16. The summed E-state index contributed by atoms with van der Waals surface area (Å²) >= 11 is 0. The molecule has 1 aromatic rings. The zero-order valence-electron chi connectivity index (χ0n) is 15.4. The molecular weight excluding hydrogens is 329 g/mol. The number of nitrogens with zero attached hydrogens (tertiary/aromatic N) is 1. The number of rotatable bonds is 6. The smallest absolute Gasteiger partial charge is 0.345 e. The minimum Gasteiger partial charge on any atom is -0.485 e. The molecule has 0 spiro atoms. The van der Waals surface area contributed by atoms with Crippen LogP contribution in [0.1, 0.15) is 45.9 Å². The third-order valence-electron chi connectivity index (χ3n) is 2.94. The summed E-state index contributed by atoms with van der Waals surface area (Å²) in [5.41, 5.74) is -0.357. The maximum absolute atomic E-state index is 14.1. The SMILES string of the molecule is CCOC(=O)C(=Cc1ncc(F)c(OC(C)(C)C)c1C)C(=O)OCC. The lowest BCUT2D eigenvalue weighted by atomic mass is 10.1. The quantitative estimate of drug-likeness (QED) is 0.338. The number of pyridine rings is 1. The maximum atomic E-state index is 14.1. The van der Waals surface area contributed by atoms with Crippen molar-refractivity contribution in [3.63, 3.8) is 0 Å². The van der Waals surface area contributed by atoms with Crippen LogP contribution in [0.15, 0.2) is 11.8 Å². The van der Waals surface area contributed by atoms with E-state index >= 15 is 0 Å². The number of hydrogen-bond acceptors (Lipinski definition) is 6. The summed E-state index contributed by atoms with van der Waals surface area (Å²) in [6, 6.07) is 0. The zero-order chi connectivity index (χ0) is 19.2. The van der Waals surface area contributed by atoms with Crippen LogP contribution < -0.4 is 4.74 Å². The summed E-state index contributed by atoms with van der Waals surface area (Å²) in [6.45, 7) is 10.4. The highest BCUT2D eigenvalue weighted by Gasteiger charge is 2.24. The van der Waals surface area contributed by atoms with Crippen LogP contribution in [0, 0.1) is 12.7 Å². The third kappa shape index (κ3) is 5.85. The van der Waals surface area contributed by atoms with E-state index in [1.54, 1.807) is 41.5 Å². The molecule has 0 N–H and O–H groups in total. The highest BCUT2D eigenvalue weighted by Crippen LogP contribution is 2.28. The van der Waals surface area contributed by atoms with Crippen molar-refractivity contribution >= 4 is 18.0 Å². The van der Waals surface area contributed by atoms with Crippen LogP contribution in [-0.2, 0) is 19.1 Å². The molecule has 0 aliphatic rings. The normalized spacial score (nSPS) is 10.8. The van der Waals surface area contributed by atoms with Crippen molar-refractivity contribution in [1.29, 1.82) is 0 Å². The van der Waals surface area contributed by atoms with Crippen LogP contribution in [-0.4, -0.2) is 35.7 Å². The van der Waals surface area contributed by atoms with Crippen LogP contribution in [0.2, 0.25) is 0 Å². The molecule has 0 atom stereocenters. The van der Waals surface area contributed by atoms with Gasteiger partial charge in [0.1, 0.15) is 11.2 Å². The molecule has 0 aliphatic carbocycles. The summed E-state index contributed by atoms with van der Waals surface area (Å²) in [5, 5.41) is 0. The van der Waals surface area contributed by atoms with Gasteiger partial charge in [0, 0.05) is 5.56 Å². The summed E-state index contributed by atoms with van der Waals surface area (Å²) in [5.74, 6) is -2.27. The molecule has 138 valence electrons. The Morgan fingerprint density at radius 2 is 1.68 bits per heavy atom. The lowest BCUT2D eigenvalue weighted by molar-refractivity contribution is -0.146. The molecule has 0 radical (unpaired) electrons. The Hall–Kier alpha value is -2.44. The Labute approximate surface area is 147 Å². The predicted molar refractivity (Wildman–Crippen MR) is 90.6 cm³/mol. The summed E-state index contributed by atoms with van der Waals surface area (Å²) in [4.78, 5) is 28.0. The highest BCUT2D eigenvalue weighted by molar-refractivity contribution is 6.17. The van der Waals surface area contributed by atoms with Crippen LogP contribution in [0.3, 0.4) is 0 Å². The molecule has 25 heavy (non-hydrogen) atoms. The van der Waals surface area contributed by atoms with E-state index in [1.165, 1.54) is 6.08 Å². The van der Waals surface area contributed by atoms with Crippen molar-refractivity contribution in [2.75, 3.05) is 13.2 Å². The molecule has 6 nitrogen and oxygen atoms in total. The molecule has 0 fully saturated rings. The van der Waals surface area contributed by atoms with Crippen LogP contribution in [0.5, 0.6) is 5.75 Å². The van der Waals surface area contributed by atoms with Gasteiger partial charge in [-0.2, -0.15) is 0 Å². The Morgan fingerprint density at radius 1 is 1.16 bits per heavy atom. The number of hydrogen-bond donors (Lipinski definition) is 0. The molecule has 1 aromatic heterocycles. The number of esters is 2. The van der Waals surface area contributed by atoms with Gasteiger partial charge in [-0.25, -0.2) is 14.0 Å². The molecule has 1 heterocycles. The fourth-order valence-corrected chi connectivity index (χ4v) is 1.91. The van der Waals surface area contributed by atoms with E-state index in [2.05, 4.69) is 4.98 Å². The van der Waals surface area contributed by atoms with Gasteiger partial charge >= 0.3 is 11.9 Å². The monoisotopic (exact) mass is 353 g/mol. The van der Waals surface area contributed by atoms with E-state index in [0.717, 1.165) is 6.20 Å². The van der Waals surface area contributed by atoms with E-state index in [1.807, 2.05) is 0 Å². The first kappa shape index (κ1) is 20.6. The first-order valence-electron chi connectivity index (χ1n) is 8.00. The molecular formula is C18H24FNO5. The topological polar surface area (TPSA) is 74.7 Å². The van der Waals surface area contributed by atoms with Gasteiger partial charge in [-0.05, 0) is 47.6 Å². The Morgan fingerprint density at radius 3 is 2.12 bits per heavy atom. The largest absolute Gasteiger partial charge is 0.485 e. The van der Waals surface area contributed by atoms with Gasteiger partial charge in [-0.1, -0.05) is 0 Å². The Bertz CT molecular complexity index is 657. The second kappa shape index (κ2) is 8.60. The fourth-order valence-electron chi connectivity index (χ4n) is 1.91. The van der Waals surface area contributed by atoms with Crippen LogP contribution in [0.25, 0.3) is 6.08 Å². The van der Waals surface area contributed by atoms with Crippen molar-refractivity contribution in [1.82, 2.24) is 4.98 Å². The van der Waals surface area contributed by atoms with Crippen molar-refractivity contribution < 1.29 is 28.2 Å². The van der Waals surface area contributed by atoms with Gasteiger partial charge in [0.15, 0.2) is 11.6 Å². The summed E-state index contributed by atoms with van der Waals surface area (Å²) < 4.78 is 29.4. The first-order chi connectivity index (χ1) is 11.6. The average molecular weight is 353 g/mol. The lowest BCUT2D eigenvalue weighted by Gasteiger charge is -2.23. The third-order valence-corrected chi connectivity index (χ3v) is 2.94. The predicted octanol–water partition coefficient (Wildman–Crippen LogP) is 3.22. The van der Waals surface area contributed by atoms with Crippen molar-refractivity contribution in [2.24, 2.45) is 0 Å². The van der Waals surface area contributed by atoms with Gasteiger partial charge in [0.2, 0.25) is 0 Å². The standard InChI is InChI=1S/C18H24FNO5/c1-7-23-16(21)12(17(22)24-8-2)9-14-11(3)15(13(19)10-20-14)25-18(4,5)6/h9-10H,7-8H2,1-6H3. The van der Waals surface area contributed by atoms with E-state index in [0.29, 0.717) is 5.56 Å². The van der Waals surface area contributed by atoms with Crippen molar-refractivity contribution in [3.05, 3.63) is 28.8 Å². The van der Waals surface area contributed by atoms with Crippen LogP contribution >= 0.6 is 0 Å². The minimum atomic E-state index is -0.829. The van der Waals surface area contributed by atoms with E-state index in [-0.39, 0.29) is 30.2 Å². The Balaban J connectivity index is 3.40. The van der Waals surface area contributed by atoms with Crippen molar-refractivity contribution in [3.8, 4) is 5.75 Å². The van der Waals surface area contributed by atoms with E-state index in [9.17, 15) is 14.0 Å². The lowest BCUT2D eigenvalue weighted by Crippen LogP contribution is -2.24. The first-order valence-corrected chi connectivity index (χ1v) is 8.00. The van der Waals surface area contributed by atoms with E-state index < -0.39 is 23.4 Å². The molecule has 0 amide bonds. The molecule has 0 aromatic carbocycles. The molecule has 1 rings (SSSR count). The Kier molecular flexibility index (Phi) is 7.09. The van der Waals surface area contributed by atoms with Crippen LogP contribution in [0.4, 0.5) is 4.39 Å². The van der Waals surface area contributed by atoms with E-state index in [4.69, 9.17) is 14.2 Å². The number of aromatic nitrogens is 1. The fraction of sp³-hybridized carbons (Fsp3) is 0.500. The summed E-state index contributed by atoms with van der Waals surface area (Å²) in [6.07, 6.45) is 2.20. The van der Waals surface area contributed by atoms with Crippen molar-refractivity contribution in [2.45, 2.75) is 47.1 Å².